The van der Waals surface area contributed by atoms with Gasteiger partial charge in [-0.25, -0.2) is 0 Å². The van der Waals surface area contributed by atoms with Gasteiger partial charge in [-0.3, -0.25) is 0 Å². The van der Waals surface area contributed by atoms with E-state index in [9.17, 15) is 0 Å². The molecule has 0 unspecified atom stereocenters. The van der Waals surface area contributed by atoms with Gasteiger partial charge in [-0.1, -0.05) is 398 Å². The number of aryl methyl sites for hydroxylation is 6. The highest BCUT2D eigenvalue weighted by Gasteiger charge is 2.24. The van der Waals surface area contributed by atoms with Crippen LogP contribution >= 0.6 is 0 Å². The van der Waals surface area contributed by atoms with Crippen molar-refractivity contribution in [2.45, 2.75) is 54.6 Å². The normalized spacial score (nSPS) is 11.6. The van der Waals surface area contributed by atoms with Crippen molar-refractivity contribution in [1.29, 1.82) is 0 Å². The van der Waals surface area contributed by atoms with Crippen molar-refractivity contribution in [3.8, 4) is 145 Å². The van der Waals surface area contributed by atoms with Gasteiger partial charge >= 0.3 is 0 Å². The van der Waals surface area contributed by atoms with Crippen molar-refractivity contribution in [3.05, 3.63) is 459 Å². The Morgan fingerprint density at radius 3 is 0.562 bits per heavy atom. The fraction of sp³-hybridized carbons (Fsp3) is 0.0635. The second-order valence-corrected chi connectivity index (χ2v) is 34.6. The zero-order chi connectivity index (χ0) is 86.0. The van der Waals surface area contributed by atoms with Gasteiger partial charge in [0.1, 0.15) is 0 Å². The average Bonchev–Trinajstić information content (AvgIpc) is 1.15. The molecule has 0 spiro atoms. The molecule has 128 heavy (non-hydrogen) atoms. The molecule has 0 saturated carbocycles. The van der Waals surface area contributed by atoms with Crippen molar-refractivity contribution in [3.63, 3.8) is 0 Å². The largest absolute Gasteiger partial charge is 0.341 e. The molecule has 0 aliphatic heterocycles. The van der Waals surface area contributed by atoms with Gasteiger partial charge in [0.2, 0.25) is 0 Å². The molecule has 0 bridgehead atoms. The van der Waals surface area contributed by atoms with E-state index in [2.05, 4.69) is 487 Å². The first-order chi connectivity index (χ1) is 63.0. The average molecular weight is 1640 g/mol. The predicted octanol–water partition coefficient (Wildman–Crippen LogP) is 35.1. The minimum Gasteiger partial charge on any atom is -0.341 e. The minimum atomic E-state index is 0.946. The maximum absolute atomic E-state index is 2.43. The summed E-state index contributed by atoms with van der Waals surface area (Å²) in [5.41, 5.74) is 42.0. The Hall–Kier alpha value is -15.7. The highest BCUT2D eigenvalue weighted by molar-refractivity contribution is 6.25. The minimum absolute atomic E-state index is 0.946. The quantitative estimate of drug-likeness (QED) is 0.0906. The third-order valence-electron chi connectivity index (χ3n) is 26.7. The van der Waals surface area contributed by atoms with Crippen LogP contribution in [0.25, 0.3) is 231 Å². The molecule has 0 N–H and O–H groups in total. The van der Waals surface area contributed by atoms with Gasteiger partial charge in [0.05, 0.1) is 0 Å². The standard InChI is InChI=1S/C66H49N.C60H45N/c1-4-67-63-13-9-8-12-57(63)60-40-56(36-39-64(60)67)51-24-22-47(23-25-51)48-28-32-53(33-29-48)66-59-38-35-54(49-18-14-43(2)15-19-49)41-61(59)65(52-30-26-46(27-31-52)45-10-6-5-7-11-45)58-37-34-55(42-62(58)66)50-20-16-44(3)17-21-50;1-4-61-57-13-9-8-12-51(57)54-36-50(32-35-58(54)61)45-24-22-41(23-25-45)42-26-28-47(29-27-42)60-53-34-31-48(43-18-14-39(2)15-19-43)37-55(53)59(46-10-6-5-7-11-46)52-33-30-49(38-56(52)60)44-20-16-40(3)17-21-44/h5-42H,4H2,1-3H3;5-38H,4H2,1-3H3. The van der Waals surface area contributed by atoms with Crippen molar-refractivity contribution < 1.29 is 0 Å². The van der Waals surface area contributed by atoms with E-state index >= 15 is 0 Å². The summed E-state index contributed by atoms with van der Waals surface area (Å²) in [7, 11) is 0. The first-order valence-electron chi connectivity index (χ1n) is 45.0. The van der Waals surface area contributed by atoms with E-state index in [0.29, 0.717) is 0 Å². The molecule has 0 atom stereocenters. The van der Waals surface area contributed by atoms with Gasteiger partial charge in [-0.2, -0.15) is 0 Å². The molecule has 2 aromatic heterocycles. The molecule has 2 heterocycles. The molecule has 2 nitrogen and oxygen atoms in total. The maximum Gasteiger partial charge on any atom is 0.0491 e. The van der Waals surface area contributed by atoms with E-state index in [-0.39, 0.29) is 0 Å². The highest BCUT2D eigenvalue weighted by atomic mass is 15.0. The van der Waals surface area contributed by atoms with Gasteiger partial charge in [-0.05, 0) is 290 Å². The zero-order valence-corrected chi connectivity index (χ0v) is 72.9. The zero-order valence-electron chi connectivity index (χ0n) is 72.9. The summed E-state index contributed by atoms with van der Waals surface area (Å²) in [6.45, 7) is 14.9. The first-order valence-corrected chi connectivity index (χ1v) is 45.0. The monoisotopic (exact) mass is 1630 g/mol. The molecule has 0 aliphatic carbocycles. The smallest absolute Gasteiger partial charge is 0.0491 e. The summed E-state index contributed by atoms with van der Waals surface area (Å²) in [5, 5.41) is 15.2. The molecule has 23 aromatic rings. The summed E-state index contributed by atoms with van der Waals surface area (Å²) in [5.74, 6) is 0. The van der Waals surface area contributed by atoms with Gasteiger partial charge in [0, 0.05) is 56.7 Å². The molecule has 0 saturated heterocycles. The van der Waals surface area contributed by atoms with E-state index in [4.69, 9.17) is 0 Å². The van der Waals surface area contributed by atoms with Crippen LogP contribution in [0.15, 0.2) is 437 Å². The molecule has 0 radical (unpaired) electrons. The van der Waals surface area contributed by atoms with Crippen LogP contribution in [0, 0.1) is 27.7 Å². The van der Waals surface area contributed by atoms with E-state index in [0.717, 1.165) is 13.1 Å². The number of fused-ring (bicyclic) bond motifs is 10. The molecular weight excluding hydrogens is 1540 g/mol. The lowest BCUT2D eigenvalue weighted by atomic mass is 9.83. The molecule has 0 amide bonds. The van der Waals surface area contributed by atoms with Crippen LogP contribution in [-0.2, 0) is 13.1 Å². The Morgan fingerprint density at radius 2 is 0.305 bits per heavy atom. The van der Waals surface area contributed by atoms with E-state index < -0.39 is 0 Å². The van der Waals surface area contributed by atoms with Crippen LogP contribution in [0.2, 0.25) is 0 Å². The van der Waals surface area contributed by atoms with Crippen molar-refractivity contribution >= 4 is 86.7 Å². The molecule has 23 rings (SSSR count). The number of nitrogens with zero attached hydrogens (tertiary/aromatic N) is 2. The van der Waals surface area contributed by atoms with Gasteiger partial charge in [0.25, 0.3) is 0 Å². The number of aromatic nitrogens is 2. The van der Waals surface area contributed by atoms with E-state index in [1.54, 1.807) is 0 Å². The molecule has 2 heteroatoms. The fourth-order valence-corrected chi connectivity index (χ4v) is 20.0. The Labute approximate surface area is 748 Å². The summed E-state index contributed by atoms with van der Waals surface area (Å²) < 4.78 is 4.83. The van der Waals surface area contributed by atoms with Crippen LogP contribution < -0.4 is 0 Å². The summed E-state index contributed by atoms with van der Waals surface area (Å²) in [6, 6.07) is 163. The Morgan fingerprint density at radius 1 is 0.133 bits per heavy atom. The van der Waals surface area contributed by atoms with Crippen LogP contribution in [0.3, 0.4) is 0 Å². The lowest BCUT2D eigenvalue weighted by Gasteiger charge is -2.20. The lowest BCUT2D eigenvalue weighted by Crippen LogP contribution is -1.93. The maximum atomic E-state index is 2.43. The predicted molar refractivity (Wildman–Crippen MR) is 550 cm³/mol. The topological polar surface area (TPSA) is 9.86 Å². The van der Waals surface area contributed by atoms with Crippen LogP contribution in [0.4, 0.5) is 0 Å². The number of benzene rings is 21. The van der Waals surface area contributed by atoms with Crippen LogP contribution in [0.1, 0.15) is 36.1 Å². The number of hydrogen-bond donors (Lipinski definition) is 0. The van der Waals surface area contributed by atoms with Gasteiger partial charge in [-0.15, -0.1) is 0 Å². The molecule has 608 valence electrons. The molecular formula is C126H94N2. The number of para-hydroxylation sites is 2. The Kier molecular flexibility index (Phi) is 20.2. The second kappa shape index (κ2) is 33.1. The third kappa shape index (κ3) is 14.4. The van der Waals surface area contributed by atoms with Crippen molar-refractivity contribution in [2.24, 2.45) is 0 Å². The molecule has 21 aromatic carbocycles. The van der Waals surface area contributed by atoms with E-state index in [1.807, 2.05) is 0 Å². The van der Waals surface area contributed by atoms with Gasteiger partial charge < -0.3 is 9.13 Å². The summed E-state index contributed by atoms with van der Waals surface area (Å²) in [4.78, 5) is 0. The van der Waals surface area contributed by atoms with Gasteiger partial charge in [0.15, 0.2) is 0 Å². The molecule has 0 aliphatic rings. The number of hydrogen-bond acceptors (Lipinski definition) is 0. The summed E-state index contributed by atoms with van der Waals surface area (Å²) >= 11 is 0. The fourth-order valence-electron chi connectivity index (χ4n) is 20.0. The lowest BCUT2D eigenvalue weighted by molar-refractivity contribution is 0.827. The Balaban J connectivity index is 0.000000151. The third-order valence-corrected chi connectivity index (χ3v) is 26.7. The van der Waals surface area contributed by atoms with E-state index in [1.165, 1.54) is 254 Å². The Bertz CT molecular complexity index is 8160. The second-order valence-electron chi connectivity index (χ2n) is 34.6. The molecule has 0 fully saturated rings. The first kappa shape index (κ1) is 78.3. The van der Waals surface area contributed by atoms with Crippen LogP contribution in [0.5, 0.6) is 0 Å². The van der Waals surface area contributed by atoms with Crippen LogP contribution in [-0.4, -0.2) is 9.13 Å². The number of rotatable bonds is 15. The SMILES string of the molecule is CCn1c2ccccc2c2cc(-c3ccc(-c4ccc(-c5c6ccc(-c7ccc(C)cc7)cc6c(-c6ccc(-c7ccccc7)cc6)c6ccc(-c7ccc(C)cc7)cc56)cc4)cc3)ccc21.CCn1c2ccccc2c2cc(-c3ccc(-c4ccc(-c5c6ccc(-c7ccc(C)cc7)cc6c(-c6ccccc6)c6ccc(-c7ccc(C)cc7)cc56)cc4)cc3)ccc21. The highest BCUT2D eigenvalue weighted by Crippen LogP contribution is 2.50. The summed E-state index contributed by atoms with van der Waals surface area (Å²) in [6.07, 6.45) is 0. The van der Waals surface area contributed by atoms with Crippen molar-refractivity contribution in [1.82, 2.24) is 9.13 Å². The van der Waals surface area contributed by atoms with Crippen molar-refractivity contribution in [2.75, 3.05) is 0 Å².